The van der Waals surface area contributed by atoms with Crippen molar-refractivity contribution < 1.29 is 18.7 Å². The Hall–Kier alpha value is -3.80. The molecule has 2 amide bonds. The van der Waals surface area contributed by atoms with Gasteiger partial charge in [0.1, 0.15) is 12.4 Å². The van der Waals surface area contributed by atoms with Gasteiger partial charge in [-0.2, -0.15) is 0 Å². The summed E-state index contributed by atoms with van der Waals surface area (Å²) in [4.78, 5) is 24.4. The van der Waals surface area contributed by atoms with E-state index < -0.39 is 0 Å². The van der Waals surface area contributed by atoms with Crippen molar-refractivity contribution in [1.29, 1.82) is 0 Å². The van der Waals surface area contributed by atoms with Crippen LogP contribution in [0.3, 0.4) is 0 Å². The summed E-state index contributed by atoms with van der Waals surface area (Å²) in [7, 11) is 0. The standard InChI is InChI=1S/C22H20N2O4/c1-2-12-27-19-10-8-17(9-11-19)21(25)23-15-16-5-3-6-18(14-16)24-22(26)20-7-4-13-28-20/h2-11,13-14H,1,12,15H2,(H,23,25)(H,24,26). The van der Waals surface area contributed by atoms with Crippen LogP contribution in [0.5, 0.6) is 5.75 Å². The molecule has 3 rings (SSSR count). The van der Waals surface area contributed by atoms with E-state index in [0.29, 0.717) is 30.2 Å². The van der Waals surface area contributed by atoms with Gasteiger partial charge in [-0.15, -0.1) is 0 Å². The Bertz CT molecular complexity index is 947. The summed E-state index contributed by atoms with van der Waals surface area (Å²) in [5.41, 5.74) is 2.02. The van der Waals surface area contributed by atoms with Gasteiger partial charge in [0.2, 0.25) is 0 Å². The molecular weight excluding hydrogens is 356 g/mol. The second-order valence-electron chi connectivity index (χ2n) is 5.94. The molecule has 0 saturated carbocycles. The number of nitrogens with one attached hydrogen (secondary N) is 2. The molecular formula is C22H20N2O4. The third kappa shape index (κ3) is 5.11. The molecule has 0 aliphatic heterocycles. The fourth-order valence-corrected chi connectivity index (χ4v) is 2.50. The number of hydrogen-bond acceptors (Lipinski definition) is 4. The van der Waals surface area contributed by atoms with E-state index >= 15 is 0 Å². The molecule has 142 valence electrons. The number of amides is 2. The molecule has 0 spiro atoms. The predicted octanol–water partition coefficient (Wildman–Crippen LogP) is 4.03. The van der Waals surface area contributed by atoms with Crippen molar-refractivity contribution in [2.24, 2.45) is 0 Å². The summed E-state index contributed by atoms with van der Waals surface area (Å²) in [5.74, 6) is 0.390. The van der Waals surface area contributed by atoms with Crippen molar-refractivity contribution in [2.75, 3.05) is 11.9 Å². The summed E-state index contributed by atoms with van der Waals surface area (Å²) >= 11 is 0. The first-order chi connectivity index (χ1) is 13.7. The molecule has 0 bridgehead atoms. The Labute approximate surface area is 162 Å². The number of carbonyl (C=O) groups excluding carboxylic acids is 2. The van der Waals surface area contributed by atoms with Crippen molar-refractivity contribution >= 4 is 17.5 Å². The average Bonchev–Trinajstić information content (AvgIpc) is 3.26. The molecule has 28 heavy (non-hydrogen) atoms. The molecule has 2 N–H and O–H groups in total. The van der Waals surface area contributed by atoms with Crippen LogP contribution in [0.25, 0.3) is 0 Å². The molecule has 0 atom stereocenters. The zero-order valence-electron chi connectivity index (χ0n) is 15.2. The second-order valence-corrected chi connectivity index (χ2v) is 5.94. The van der Waals surface area contributed by atoms with Crippen molar-refractivity contribution in [3.63, 3.8) is 0 Å². The van der Waals surface area contributed by atoms with Crippen LogP contribution >= 0.6 is 0 Å². The van der Waals surface area contributed by atoms with Gasteiger partial charge in [-0.05, 0) is 54.1 Å². The van der Waals surface area contributed by atoms with Gasteiger partial charge in [0.05, 0.1) is 6.26 Å². The van der Waals surface area contributed by atoms with Gasteiger partial charge >= 0.3 is 0 Å². The first-order valence-electron chi connectivity index (χ1n) is 8.71. The molecule has 0 unspecified atom stereocenters. The Morgan fingerprint density at radius 2 is 1.86 bits per heavy atom. The van der Waals surface area contributed by atoms with E-state index in [1.165, 1.54) is 6.26 Å². The number of benzene rings is 2. The zero-order chi connectivity index (χ0) is 19.8. The van der Waals surface area contributed by atoms with Crippen molar-refractivity contribution in [3.8, 4) is 5.75 Å². The van der Waals surface area contributed by atoms with Gasteiger partial charge in [-0.25, -0.2) is 0 Å². The average molecular weight is 376 g/mol. The SMILES string of the molecule is C=CCOc1ccc(C(=O)NCc2cccc(NC(=O)c3ccco3)c2)cc1. The maximum Gasteiger partial charge on any atom is 0.291 e. The van der Waals surface area contributed by atoms with Crippen LogP contribution in [-0.2, 0) is 6.54 Å². The molecule has 1 heterocycles. The molecule has 0 aliphatic carbocycles. The summed E-state index contributed by atoms with van der Waals surface area (Å²) in [6, 6.07) is 17.4. The topological polar surface area (TPSA) is 80.6 Å². The lowest BCUT2D eigenvalue weighted by molar-refractivity contribution is 0.0949. The Balaban J connectivity index is 1.56. The minimum Gasteiger partial charge on any atom is -0.490 e. The molecule has 3 aromatic rings. The number of furan rings is 1. The van der Waals surface area contributed by atoms with E-state index in [1.807, 2.05) is 12.1 Å². The summed E-state index contributed by atoms with van der Waals surface area (Å²) in [6.45, 7) is 4.34. The molecule has 0 aliphatic rings. The van der Waals surface area contributed by atoms with E-state index in [4.69, 9.17) is 9.15 Å². The molecule has 0 saturated heterocycles. The molecule has 0 radical (unpaired) electrons. The first-order valence-corrected chi connectivity index (χ1v) is 8.71. The fraction of sp³-hybridized carbons (Fsp3) is 0.0909. The third-order valence-corrected chi connectivity index (χ3v) is 3.87. The largest absolute Gasteiger partial charge is 0.490 e. The molecule has 6 nitrogen and oxygen atoms in total. The van der Waals surface area contributed by atoms with Crippen molar-refractivity contribution in [3.05, 3.63) is 96.5 Å². The number of carbonyl (C=O) groups is 2. The Morgan fingerprint density at radius 1 is 1.04 bits per heavy atom. The second kappa shape index (κ2) is 9.23. The Morgan fingerprint density at radius 3 is 2.57 bits per heavy atom. The highest BCUT2D eigenvalue weighted by Gasteiger charge is 2.09. The molecule has 6 heteroatoms. The molecule has 1 aromatic heterocycles. The van der Waals surface area contributed by atoms with Crippen LogP contribution in [0.1, 0.15) is 26.5 Å². The fourth-order valence-electron chi connectivity index (χ4n) is 2.50. The lowest BCUT2D eigenvalue weighted by Gasteiger charge is -2.09. The highest BCUT2D eigenvalue weighted by molar-refractivity contribution is 6.02. The lowest BCUT2D eigenvalue weighted by Crippen LogP contribution is -2.22. The minimum atomic E-state index is -0.329. The quantitative estimate of drug-likeness (QED) is 0.582. The van der Waals surface area contributed by atoms with Crippen LogP contribution in [0.2, 0.25) is 0 Å². The smallest absolute Gasteiger partial charge is 0.291 e. The maximum absolute atomic E-state index is 12.3. The van der Waals surface area contributed by atoms with E-state index in [0.717, 1.165) is 5.56 Å². The lowest BCUT2D eigenvalue weighted by atomic mass is 10.1. The van der Waals surface area contributed by atoms with Crippen LogP contribution in [0.15, 0.2) is 84.0 Å². The van der Waals surface area contributed by atoms with Gasteiger partial charge in [-0.1, -0.05) is 24.8 Å². The Kier molecular flexibility index (Phi) is 6.25. The van der Waals surface area contributed by atoms with Crippen LogP contribution in [0, 0.1) is 0 Å². The van der Waals surface area contributed by atoms with Crippen LogP contribution in [-0.4, -0.2) is 18.4 Å². The monoisotopic (exact) mass is 376 g/mol. The van der Waals surface area contributed by atoms with Gasteiger partial charge in [-0.3, -0.25) is 9.59 Å². The summed E-state index contributed by atoms with van der Waals surface area (Å²) in [5, 5.41) is 5.62. The van der Waals surface area contributed by atoms with Gasteiger partial charge in [0.25, 0.3) is 11.8 Å². The van der Waals surface area contributed by atoms with Crippen LogP contribution < -0.4 is 15.4 Å². The van der Waals surface area contributed by atoms with Gasteiger partial charge in [0.15, 0.2) is 5.76 Å². The van der Waals surface area contributed by atoms with Gasteiger partial charge in [0, 0.05) is 17.8 Å². The van der Waals surface area contributed by atoms with E-state index in [2.05, 4.69) is 17.2 Å². The number of rotatable bonds is 8. The van der Waals surface area contributed by atoms with E-state index in [9.17, 15) is 9.59 Å². The van der Waals surface area contributed by atoms with Crippen molar-refractivity contribution in [2.45, 2.75) is 6.54 Å². The molecule has 0 fully saturated rings. The predicted molar refractivity (Wildman–Crippen MR) is 106 cm³/mol. The zero-order valence-corrected chi connectivity index (χ0v) is 15.2. The van der Waals surface area contributed by atoms with E-state index in [-0.39, 0.29) is 17.6 Å². The normalized spacial score (nSPS) is 10.1. The number of anilines is 1. The highest BCUT2D eigenvalue weighted by Crippen LogP contribution is 2.14. The number of ether oxygens (including phenoxy) is 1. The molecule has 2 aromatic carbocycles. The summed E-state index contributed by atoms with van der Waals surface area (Å²) < 4.78 is 10.5. The number of hydrogen-bond donors (Lipinski definition) is 2. The van der Waals surface area contributed by atoms with Gasteiger partial charge < -0.3 is 19.8 Å². The maximum atomic E-state index is 12.3. The first kappa shape index (κ1) is 19.0. The summed E-state index contributed by atoms with van der Waals surface area (Å²) in [6.07, 6.45) is 3.10. The minimum absolute atomic E-state index is 0.194. The third-order valence-electron chi connectivity index (χ3n) is 3.87. The van der Waals surface area contributed by atoms with Crippen molar-refractivity contribution in [1.82, 2.24) is 5.32 Å². The van der Waals surface area contributed by atoms with E-state index in [1.54, 1.807) is 54.6 Å². The highest BCUT2D eigenvalue weighted by atomic mass is 16.5. The van der Waals surface area contributed by atoms with Crippen LogP contribution in [0.4, 0.5) is 5.69 Å².